The van der Waals surface area contributed by atoms with Crippen LogP contribution in [0.5, 0.6) is 5.75 Å². The molecule has 0 aliphatic heterocycles. The number of ether oxygens (including phenoxy) is 1. The van der Waals surface area contributed by atoms with E-state index in [4.69, 9.17) is 4.74 Å². The first kappa shape index (κ1) is 14.8. The molecular weight excluding hydrogens is 304 g/mol. The number of hydrogen-bond donors (Lipinski definition) is 1. The molecule has 4 heteroatoms. The van der Waals surface area contributed by atoms with Crippen molar-refractivity contribution in [2.75, 3.05) is 7.11 Å². The Morgan fingerprint density at radius 3 is 2.46 bits per heavy atom. The molecule has 120 valence electrons. The molecule has 2 aliphatic rings. The number of carbonyl (C=O) groups is 2. The van der Waals surface area contributed by atoms with Crippen LogP contribution in [-0.2, 0) is 6.42 Å². The second-order valence-corrected chi connectivity index (χ2v) is 6.25. The summed E-state index contributed by atoms with van der Waals surface area (Å²) >= 11 is 0. The molecular formula is C20H16O4. The zero-order chi connectivity index (χ0) is 17.0. The summed E-state index contributed by atoms with van der Waals surface area (Å²) in [5.74, 6) is -0.0429. The number of rotatable bonds is 1. The van der Waals surface area contributed by atoms with E-state index in [0.717, 1.165) is 11.1 Å². The van der Waals surface area contributed by atoms with Gasteiger partial charge >= 0.3 is 0 Å². The van der Waals surface area contributed by atoms with Gasteiger partial charge in [-0.05, 0) is 24.5 Å². The number of fused-ring (bicyclic) bond motifs is 3. The van der Waals surface area contributed by atoms with Crippen LogP contribution in [0.3, 0.4) is 0 Å². The minimum absolute atomic E-state index is 0.210. The van der Waals surface area contributed by atoms with Gasteiger partial charge in [0.1, 0.15) is 5.75 Å². The first-order valence-corrected chi connectivity index (χ1v) is 7.79. The van der Waals surface area contributed by atoms with Crippen molar-refractivity contribution < 1.29 is 19.4 Å². The number of carbonyl (C=O) groups excluding carboxylic acids is 2. The van der Waals surface area contributed by atoms with Gasteiger partial charge in [0.05, 0.1) is 18.8 Å². The van der Waals surface area contributed by atoms with E-state index >= 15 is 0 Å². The predicted octanol–water partition coefficient (Wildman–Crippen LogP) is 3.01. The number of benzene rings is 2. The molecule has 2 aromatic carbocycles. The number of methoxy groups -OCH3 is 1. The highest BCUT2D eigenvalue weighted by Crippen LogP contribution is 2.43. The SMILES string of the molecule is C=C1Cc2c(cc3c(c2OC)C(=O)c2ccccc2C3=O)[C@@H](O)C1. The number of hydrogen-bond acceptors (Lipinski definition) is 4. The van der Waals surface area contributed by atoms with E-state index in [0.29, 0.717) is 46.4 Å². The Hall–Kier alpha value is -2.72. The van der Waals surface area contributed by atoms with Crippen molar-refractivity contribution in [3.05, 3.63) is 75.9 Å². The quantitative estimate of drug-likeness (QED) is 0.700. The van der Waals surface area contributed by atoms with Crippen LogP contribution < -0.4 is 4.74 Å². The van der Waals surface area contributed by atoms with E-state index in [1.54, 1.807) is 30.3 Å². The summed E-state index contributed by atoms with van der Waals surface area (Å²) < 4.78 is 5.52. The lowest BCUT2D eigenvalue weighted by molar-refractivity contribution is 0.0975. The Kier molecular flexibility index (Phi) is 3.18. The second-order valence-electron chi connectivity index (χ2n) is 6.25. The van der Waals surface area contributed by atoms with Crippen molar-refractivity contribution >= 4 is 11.6 Å². The van der Waals surface area contributed by atoms with E-state index < -0.39 is 6.10 Å². The molecule has 2 aliphatic carbocycles. The van der Waals surface area contributed by atoms with Gasteiger partial charge in [-0.15, -0.1) is 0 Å². The molecule has 0 spiro atoms. The molecule has 0 unspecified atom stereocenters. The number of aliphatic hydroxyl groups is 1. The van der Waals surface area contributed by atoms with E-state index in [2.05, 4.69) is 6.58 Å². The van der Waals surface area contributed by atoms with Crippen molar-refractivity contribution in [1.29, 1.82) is 0 Å². The number of aliphatic hydroxyl groups excluding tert-OH is 1. The zero-order valence-corrected chi connectivity index (χ0v) is 13.3. The zero-order valence-electron chi connectivity index (χ0n) is 13.3. The summed E-state index contributed by atoms with van der Waals surface area (Å²) in [6.45, 7) is 3.95. The summed E-state index contributed by atoms with van der Waals surface area (Å²) in [6, 6.07) is 8.45. The predicted molar refractivity (Wildman–Crippen MR) is 88.7 cm³/mol. The fraction of sp³-hybridized carbons (Fsp3) is 0.200. The highest BCUT2D eigenvalue weighted by molar-refractivity contribution is 6.29. The van der Waals surface area contributed by atoms with Crippen molar-refractivity contribution in [2.24, 2.45) is 0 Å². The number of ketones is 2. The molecule has 0 saturated carbocycles. The average Bonchev–Trinajstić information content (AvgIpc) is 2.58. The molecule has 0 amide bonds. The van der Waals surface area contributed by atoms with E-state index in [1.807, 2.05) is 0 Å². The first-order chi connectivity index (χ1) is 11.5. The second kappa shape index (κ2) is 5.14. The Labute approximate surface area is 139 Å². The fourth-order valence-electron chi connectivity index (χ4n) is 3.69. The van der Waals surface area contributed by atoms with Gasteiger partial charge in [-0.2, -0.15) is 0 Å². The van der Waals surface area contributed by atoms with Crippen molar-refractivity contribution in [1.82, 2.24) is 0 Å². The van der Waals surface area contributed by atoms with E-state index in [-0.39, 0.29) is 11.6 Å². The molecule has 1 atom stereocenters. The molecule has 1 N–H and O–H groups in total. The largest absolute Gasteiger partial charge is 0.496 e. The maximum atomic E-state index is 13.0. The Balaban J connectivity index is 2.05. The third kappa shape index (κ3) is 1.90. The standard InChI is InChI=1S/C20H16O4/c1-10-7-14-13(16(21)8-10)9-15-17(20(14)24-2)19(23)12-6-4-3-5-11(12)18(15)22/h3-6,9,16,21H,1,7-8H2,2H3/t16-/m0/s1. The fourth-order valence-corrected chi connectivity index (χ4v) is 3.69. The Morgan fingerprint density at radius 1 is 1.12 bits per heavy atom. The lowest BCUT2D eigenvalue weighted by atomic mass is 9.77. The first-order valence-electron chi connectivity index (χ1n) is 7.79. The summed E-state index contributed by atoms with van der Waals surface area (Å²) in [5.41, 5.74) is 3.67. The van der Waals surface area contributed by atoms with Crippen LogP contribution in [-0.4, -0.2) is 23.8 Å². The van der Waals surface area contributed by atoms with Crippen LogP contribution in [0.15, 0.2) is 42.5 Å². The summed E-state index contributed by atoms with van der Waals surface area (Å²) in [4.78, 5) is 25.8. The van der Waals surface area contributed by atoms with Crippen LogP contribution in [0, 0.1) is 0 Å². The van der Waals surface area contributed by atoms with Crippen molar-refractivity contribution in [3.8, 4) is 5.75 Å². The van der Waals surface area contributed by atoms with Gasteiger partial charge in [0.2, 0.25) is 0 Å². The Morgan fingerprint density at radius 2 is 1.79 bits per heavy atom. The van der Waals surface area contributed by atoms with Gasteiger partial charge in [0.15, 0.2) is 11.6 Å². The third-order valence-corrected chi connectivity index (χ3v) is 4.78. The summed E-state index contributed by atoms with van der Waals surface area (Å²) in [5, 5.41) is 10.4. The van der Waals surface area contributed by atoms with Crippen molar-refractivity contribution in [3.63, 3.8) is 0 Å². The van der Waals surface area contributed by atoms with Gasteiger partial charge in [0.25, 0.3) is 0 Å². The molecule has 0 fully saturated rings. The molecule has 0 bridgehead atoms. The Bertz CT molecular complexity index is 923. The monoisotopic (exact) mass is 320 g/mol. The maximum Gasteiger partial charge on any atom is 0.198 e. The van der Waals surface area contributed by atoms with E-state index in [9.17, 15) is 14.7 Å². The van der Waals surface area contributed by atoms with Gasteiger partial charge in [0, 0.05) is 22.3 Å². The lowest BCUT2D eigenvalue weighted by Gasteiger charge is -2.29. The molecule has 24 heavy (non-hydrogen) atoms. The molecule has 0 radical (unpaired) electrons. The smallest absolute Gasteiger partial charge is 0.198 e. The average molecular weight is 320 g/mol. The van der Waals surface area contributed by atoms with Gasteiger partial charge in [-0.3, -0.25) is 9.59 Å². The van der Waals surface area contributed by atoms with Crippen molar-refractivity contribution in [2.45, 2.75) is 18.9 Å². The minimum Gasteiger partial charge on any atom is -0.496 e. The van der Waals surface area contributed by atoms with Gasteiger partial charge in [-0.1, -0.05) is 36.4 Å². The van der Waals surface area contributed by atoms with Crippen LogP contribution in [0.2, 0.25) is 0 Å². The van der Waals surface area contributed by atoms with Gasteiger partial charge < -0.3 is 9.84 Å². The van der Waals surface area contributed by atoms with Gasteiger partial charge in [-0.25, -0.2) is 0 Å². The maximum absolute atomic E-state index is 13.0. The normalized spacial score (nSPS) is 18.8. The lowest BCUT2D eigenvalue weighted by Crippen LogP contribution is -2.24. The molecule has 4 nitrogen and oxygen atoms in total. The molecule has 0 heterocycles. The highest BCUT2D eigenvalue weighted by atomic mass is 16.5. The molecule has 2 aromatic rings. The molecule has 0 aromatic heterocycles. The van der Waals surface area contributed by atoms with Crippen LogP contribution >= 0.6 is 0 Å². The van der Waals surface area contributed by atoms with Crippen LogP contribution in [0.25, 0.3) is 0 Å². The van der Waals surface area contributed by atoms with Crippen LogP contribution in [0.1, 0.15) is 55.5 Å². The van der Waals surface area contributed by atoms with Crippen LogP contribution in [0.4, 0.5) is 0 Å². The third-order valence-electron chi connectivity index (χ3n) is 4.78. The highest BCUT2D eigenvalue weighted by Gasteiger charge is 2.36. The topological polar surface area (TPSA) is 63.6 Å². The minimum atomic E-state index is -0.736. The van der Waals surface area contributed by atoms with E-state index in [1.165, 1.54) is 7.11 Å². The molecule has 0 saturated heterocycles. The summed E-state index contributed by atoms with van der Waals surface area (Å²) in [7, 11) is 1.48. The molecule has 4 rings (SSSR count). The summed E-state index contributed by atoms with van der Waals surface area (Å²) in [6.07, 6.45) is 0.250.